The molecular weight excluding hydrogens is 285 g/mol. The molecule has 0 aliphatic carbocycles. The molecule has 1 aliphatic heterocycles. The maximum Gasteiger partial charge on any atom is 0.432 e. The predicted molar refractivity (Wildman–Crippen MR) is 72.0 cm³/mol. The standard InChI is InChI=1S/C13H17F3N4O/c1-8(7-10(17-2)13(14,15)16)11-19-20-12(21-11)9-5-3-4-6-18-9/h7,9,18H,3-6H2,1-2H3/b8-7+,17-10?/t9-/m1/s1. The molecule has 1 aromatic heterocycles. The largest absolute Gasteiger partial charge is 0.432 e. The third-order valence-electron chi connectivity index (χ3n) is 3.27. The number of hydrogen-bond acceptors (Lipinski definition) is 5. The van der Waals surface area contributed by atoms with E-state index in [1.165, 1.54) is 6.92 Å². The second-order valence-electron chi connectivity index (χ2n) is 4.88. The highest BCUT2D eigenvalue weighted by Crippen LogP contribution is 2.25. The van der Waals surface area contributed by atoms with Gasteiger partial charge in [0.15, 0.2) is 0 Å². The van der Waals surface area contributed by atoms with Gasteiger partial charge >= 0.3 is 6.18 Å². The van der Waals surface area contributed by atoms with Gasteiger partial charge in [0.05, 0.1) is 6.04 Å². The summed E-state index contributed by atoms with van der Waals surface area (Å²) in [4.78, 5) is 3.23. The fourth-order valence-electron chi connectivity index (χ4n) is 2.14. The van der Waals surface area contributed by atoms with Crippen molar-refractivity contribution in [3.63, 3.8) is 0 Å². The molecule has 2 rings (SSSR count). The van der Waals surface area contributed by atoms with E-state index in [9.17, 15) is 13.2 Å². The lowest BCUT2D eigenvalue weighted by atomic mass is 10.1. The Balaban J connectivity index is 2.16. The van der Waals surface area contributed by atoms with Crippen LogP contribution in [-0.4, -0.2) is 35.7 Å². The number of aliphatic imine (C=N–C) groups is 1. The zero-order valence-electron chi connectivity index (χ0n) is 11.9. The van der Waals surface area contributed by atoms with Crippen LogP contribution in [0.5, 0.6) is 0 Å². The molecule has 116 valence electrons. The van der Waals surface area contributed by atoms with Crippen LogP contribution in [0.1, 0.15) is 44.0 Å². The van der Waals surface area contributed by atoms with E-state index in [-0.39, 0.29) is 17.5 Å². The number of halogens is 3. The van der Waals surface area contributed by atoms with Crippen LogP contribution in [0.15, 0.2) is 15.5 Å². The van der Waals surface area contributed by atoms with Gasteiger partial charge in [-0.25, -0.2) is 0 Å². The molecule has 1 fully saturated rings. The van der Waals surface area contributed by atoms with Gasteiger partial charge in [0.2, 0.25) is 11.8 Å². The van der Waals surface area contributed by atoms with Gasteiger partial charge in [-0.2, -0.15) is 13.2 Å². The van der Waals surface area contributed by atoms with Crippen molar-refractivity contribution < 1.29 is 17.6 Å². The molecule has 0 radical (unpaired) electrons. The summed E-state index contributed by atoms with van der Waals surface area (Å²) in [5, 5.41) is 11.0. The van der Waals surface area contributed by atoms with Gasteiger partial charge in [-0.05, 0) is 32.4 Å². The fourth-order valence-corrected chi connectivity index (χ4v) is 2.14. The lowest BCUT2D eigenvalue weighted by molar-refractivity contribution is -0.0577. The van der Waals surface area contributed by atoms with E-state index in [2.05, 4.69) is 20.5 Å². The second-order valence-corrected chi connectivity index (χ2v) is 4.88. The summed E-state index contributed by atoms with van der Waals surface area (Å²) in [6, 6.07) is -0.0188. The van der Waals surface area contributed by atoms with Crippen LogP contribution in [0.3, 0.4) is 0 Å². The Morgan fingerprint density at radius 3 is 2.71 bits per heavy atom. The molecule has 1 aromatic rings. The van der Waals surface area contributed by atoms with Crippen LogP contribution in [0, 0.1) is 0 Å². The number of alkyl halides is 3. The molecule has 5 nitrogen and oxygen atoms in total. The summed E-state index contributed by atoms with van der Waals surface area (Å²) in [5.74, 6) is 0.502. The molecule has 0 amide bonds. The Bertz CT molecular complexity index is 542. The number of piperidine rings is 1. The van der Waals surface area contributed by atoms with Gasteiger partial charge in [0.1, 0.15) is 5.71 Å². The van der Waals surface area contributed by atoms with E-state index < -0.39 is 11.9 Å². The van der Waals surface area contributed by atoms with Crippen molar-refractivity contribution in [1.82, 2.24) is 15.5 Å². The molecule has 1 N–H and O–H groups in total. The zero-order chi connectivity index (χ0) is 15.5. The Hall–Kier alpha value is -1.70. The Morgan fingerprint density at radius 2 is 2.14 bits per heavy atom. The Labute approximate surface area is 120 Å². The fraction of sp³-hybridized carbons (Fsp3) is 0.615. The van der Waals surface area contributed by atoms with Crippen LogP contribution < -0.4 is 5.32 Å². The van der Waals surface area contributed by atoms with Crippen molar-refractivity contribution in [3.8, 4) is 0 Å². The molecule has 2 heterocycles. The van der Waals surface area contributed by atoms with Crippen molar-refractivity contribution in [2.45, 2.75) is 38.4 Å². The van der Waals surface area contributed by atoms with E-state index in [1.54, 1.807) is 0 Å². The molecule has 1 saturated heterocycles. The minimum Gasteiger partial charge on any atom is -0.419 e. The van der Waals surface area contributed by atoms with Crippen LogP contribution in [0.25, 0.3) is 5.57 Å². The number of aromatic nitrogens is 2. The SMILES string of the molecule is CN=C(/C=C(\C)c1nnc([C@H]2CCCCN2)o1)C(F)(F)F. The Morgan fingerprint density at radius 1 is 1.38 bits per heavy atom. The minimum atomic E-state index is -4.50. The zero-order valence-corrected chi connectivity index (χ0v) is 11.9. The number of hydrogen-bond donors (Lipinski definition) is 1. The lowest BCUT2D eigenvalue weighted by Gasteiger charge is -2.19. The third-order valence-corrected chi connectivity index (χ3v) is 3.27. The summed E-state index contributed by atoms with van der Waals surface area (Å²) >= 11 is 0. The second kappa shape index (κ2) is 6.38. The molecule has 1 aliphatic rings. The summed E-state index contributed by atoms with van der Waals surface area (Å²) in [5.41, 5.74) is -0.738. The van der Waals surface area contributed by atoms with E-state index in [0.29, 0.717) is 5.89 Å². The molecule has 1 atom stereocenters. The molecule has 0 unspecified atom stereocenters. The van der Waals surface area contributed by atoms with Gasteiger partial charge in [0.25, 0.3) is 0 Å². The van der Waals surface area contributed by atoms with E-state index in [0.717, 1.165) is 38.9 Å². The maximum atomic E-state index is 12.6. The van der Waals surface area contributed by atoms with E-state index in [4.69, 9.17) is 4.42 Å². The maximum absolute atomic E-state index is 12.6. The number of nitrogens with one attached hydrogen (secondary N) is 1. The normalized spacial score (nSPS) is 21.7. The van der Waals surface area contributed by atoms with Crippen LogP contribution in [0.2, 0.25) is 0 Å². The highest BCUT2D eigenvalue weighted by atomic mass is 19.4. The number of rotatable bonds is 3. The summed E-state index contributed by atoms with van der Waals surface area (Å²) in [6.45, 7) is 2.36. The van der Waals surface area contributed by atoms with Gasteiger partial charge in [0, 0.05) is 12.6 Å². The molecule has 21 heavy (non-hydrogen) atoms. The number of allylic oxidation sites excluding steroid dienone is 2. The first-order chi connectivity index (χ1) is 9.91. The average molecular weight is 302 g/mol. The molecule has 0 saturated carbocycles. The topological polar surface area (TPSA) is 63.3 Å². The van der Waals surface area contributed by atoms with Gasteiger partial charge in [-0.3, -0.25) is 4.99 Å². The number of nitrogens with zero attached hydrogens (tertiary/aromatic N) is 3. The highest BCUT2D eigenvalue weighted by Gasteiger charge is 2.34. The first-order valence-electron chi connectivity index (χ1n) is 6.71. The molecular formula is C13H17F3N4O. The lowest BCUT2D eigenvalue weighted by Crippen LogP contribution is -2.26. The minimum absolute atomic E-state index is 0.0188. The van der Waals surface area contributed by atoms with Gasteiger partial charge < -0.3 is 9.73 Å². The summed E-state index contributed by atoms with van der Waals surface area (Å²) in [7, 11) is 1.10. The molecule has 0 aromatic carbocycles. The molecule has 0 bridgehead atoms. The van der Waals surface area contributed by atoms with Crippen LogP contribution in [0.4, 0.5) is 13.2 Å². The highest BCUT2D eigenvalue weighted by molar-refractivity contribution is 6.03. The van der Waals surface area contributed by atoms with Crippen molar-refractivity contribution >= 4 is 11.3 Å². The monoisotopic (exact) mass is 302 g/mol. The van der Waals surface area contributed by atoms with Gasteiger partial charge in [-0.15, -0.1) is 10.2 Å². The quantitative estimate of drug-likeness (QED) is 0.872. The summed E-state index contributed by atoms with van der Waals surface area (Å²) < 4.78 is 43.4. The van der Waals surface area contributed by atoms with Crippen molar-refractivity contribution in [3.05, 3.63) is 17.9 Å². The third kappa shape index (κ3) is 3.90. The van der Waals surface area contributed by atoms with Crippen molar-refractivity contribution in [2.24, 2.45) is 4.99 Å². The van der Waals surface area contributed by atoms with Crippen molar-refractivity contribution in [2.75, 3.05) is 13.6 Å². The predicted octanol–water partition coefficient (Wildman–Crippen LogP) is 2.92. The average Bonchev–Trinajstić information content (AvgIpc) is 2.94. The van der Waals surface area contributed by atoms with Crippen LogP contribution in [-0.2, 0) is 0 Å². The molecule has 8 heteroatoms. The van der Waals surface area contributed by atoms with Gasteiger partial charge in [-0.1, -0.05) is 6.42 Å². The van der Waals surface area contributed by atoms with Crippen LogP contribution >= 0.6 is 0 Å². The Kier molecular flexibility index (Phi) is 4.76. The smallest absolute Gasteiger partial charge is 0.419 e. The molecule has 0 spiro atoms. The summed E-state index contributed by atoms with van der Waals surface area (Å²) in [6.07, 6.45) is -0.548. The first-order valence-corrected chi connectivity index (χ1v) is 6.71. The van der Waals surface area contributed by atoms with E-state index in [1.807, 2.05) is 0 Å². The van der Waals surface area contributed by atoms with E-state index >= 15 is 0 Å². The first kappa shape index (κ1) is 15.7. The van der Waals surface area contributed by atoms with Crippen molar-refractivity contribution in [1.29, 1.82) is 0 Å².